The predicted octanol–water partition coefficient (Wildman–Crippen LogP) is 3.91. The van der Waals surface area contributed by atoms with Crippen LogP contribution in [0.5, 0.6) is 5.75 Å². The number of ether oxygens (including phenoxy) is 2. The highest BCUT2D eigenvalue weighted by Crippen LogP contribution is 2.32. The number of nitrogens with zero attached hydrogens (tertiary/aromatic N) is 2. The van der Waals surface area contributed by atoms with Crippen molar-refractivity contribution in [1.82, 2.24) is 9.55 Å². The molecule has 2 atom stereocenters. The summed E-state index contributed by atoms with van der Waals surface area (Å²) in [7, 11) is 1.66. The van der Waals surface area contributed by atoms with Gasteiger partial charge in [-0.05, 0) is 38.8 Å². The summed E-state index contributed by atoms with van der Waals surface area (Å²) in [5.74, 6) is 1.70. The fourth-order valence-corrected chi connectivity index (χ4v) is 3.19. The Balaban J connectivity index is 2.07. The van der Waals surface area contributed by atoms with Crippen molar-refractivity contribution in [3.8, 4) is 5.75 Å². The largest absolute Gasteiger partial charge is 0.497 e. The minimum absolute atomic E-state index is 0.131. The number of halogens is 1. The van der Waals surface area contributed by atoms with E-state index in [0.717, 1.165) is 48.6 Å². The SMILES string of the molecule is COc1ccc2c(c1)nc(C(C)Cl)n2CC1(C)CCCO1. The highest BCUT2D eigenvalue weighted by molar-refractivity contribution is 6.20. The van der Waals surface area contributed by atoms with E-state index in [4.69, 9.17) is 21.1 Å². The minimum Gasteiger partial charge on any atom is -0.497 e. The molecule has 2 aromatic rings. The Bertz CT molecular complexity index is 645. The smallest absolute Gasteiger partial charge is 0.127 e. The lowest BCUT2D eigenvalue weighted by atomic mass is 10.0. The molecule has 0 bridgehead atoms. The number of hydrogen-bond donors (Lipinski definition) is 0. The van der Waals surface area contributed by atoms with Gasteiger partial charge in [0.1, 0.15) is 11.6 Å². The Morgan fingerprint density at radius 2 is 2.33 bits per heavy atom. The van der Waals surface area contributed by atoms with Crippen molar-refractivity contribution in [2.45, 2.75) is 44.2 Å². The van der Waals surface area contributed by atoms with Crippen LogP contribution < -0.4 is 4.74 Å². The van der Waals surface area contributed by atoms with Gasteiger partial charge in [-0.3, -0.25) is 0 Å². The van der Waals surface area contributed by atoms with Gasteiger partial charge in [-0.15, -0.1) is 11.6 Å². The molecule has 0 radical (unpaired) electrons. The van der Waals surface area contributed by atoms with Gasteiger partial charge < -0.3 is 14.0 Å². The van der Waals surface area contributed by atoms with Crippen LogP contribution in [-0.2, 0) is 11.3 Å². The van der Waals surface area contributed by atoms with E-state index in [2.05, 4.69) is 16.5 Å². The Kier molecular flexibility index (Phi) is 3.84. The highest BCUT2D eigenvalue weighted by atomic mass is 35.5. The summed E-state index contributed by atoms with van der Waals surface area (Å²) < 4.78 is 13.4. The van der Waals surface area contributed by atoms with Crippen molar-refractivity contribution in [3.05, 3.63) is 24.0 Å². The number of rotatable bonds is 4. The van der Waals surface area contributed by atoms with Gasteiger partial charge in [0.15, 0.2) is 0 Å². The molecular formula is C16H21ClN2O2. The van der Waals surface area contributed by atoms with E-state index < -0.39 is 0 Å². The summed E-state index contributed by atoms with van der Waals surface area (Å²) in [5.41, 5.74) is 1.86. The zero-order chi connectivity index (χ0) is 15.0. The van der Waals surface area contributed by atoms with Gasteiger partial charge in [-0.25, -0.2) is 4.98 Å². The van der Waals surface area contributed by atoms with Crippen LogP contribution in [0.25, 0.3) is 11.0 Å². The van der Waals surface area contributed by atoms with Crippen LogP contribution in [0.15, 0.2) is 18.2 Å². The van der Waals surface area contributed by atoms with Gasteiger partial charge in [0, 0.05) is 12.7 Å². The topological polar surface area (TPSA) is 36.3 Å². The first kappa shape index (κ1) is 14.7. The molecule has 2 unspecified atom stereocenters. The zero-order valence-electron chi connectivity index (χ0n) is 12.7. The fourth-order valence-electron chi connectivity index (χ4n) is 3.02. The Morgan fingerprint density at radius 3 is 2.95 bits per heavy atom. The summed E-state index contributed by atoms with van der Waals surface area (Å²) in [6.45, 7) is 5.73. The number of alkyl halides is 1. The van der Waals surface area contributed by atoms with Crippen LogP contribution in [0.2, 0.25) is 0 Å². The van der Waals surface area contributed by atoms with Gasteiger partial charge >= 0.3 is 0 Å². The molecule has 1 aliphatic heterocycles. The van der Waals surface area contributed by atoms with E-state index in [9.17, 15) is 0 Å². The van der Waals surface area contributed by atoms with E-state index in [-0.39, 0.29) is 11.0 Å². The third kappa shape index (κ3) is 2.74. The van der Waals surface area contributed by atoms with Gasteiger partial charge in [0.25, 0.3) is 0 Å². The average molecular weight is 309 g/mol. The van der Waals surface area contributed by atoms with Crippen molar-refractivity contribution >= 4 is 22.6 Å². The molecule has 1 saturated heterocycles. The van der Waals surface area contributed by atoms with E-state index in [1.165, 1.54) is 0 Å². The molecule has 0 aliphatic carbocycles. The summed E-state index contributed by atoms with van der Waals surface area (Å²) in [6, 6.07) is 5.95. The molecule has 0 amide bonds. The molecule has 114 valence electrons. The lowest BCUT2D eigenvalue weighted by Crippen LogP contribution is -2.30. The van der Waals surface area contributed by atoms with E-state index in [1.54, 1.807) is 7.11 Å². The number of benzene rings is 1. The van der Waals surface area contributed by atoms with E-state index in [1.807, 2.05) is 25.1 Å². The Labute approximate surface area is 130 Å². The van der Waals surface area contributed by atoms with Gasteiger partial charge in [-0.1, -0.05) is 0 Å². The number of methoxy groups -OCH3 is 1. The molecule has 5 heteroatoms. The van der Waals surface area contributed by atoms with Crippen molar-refractivity contribution in [1.29, 1.82) is 0 Å². The first-order valence-electron chi connectivity index (χ1n) is 7.35. The van der Waals surface area contributed by atoms with Crippen molar-refractivity contribution < 1.29 is 9.47 Å². The molecule has 0 N–H and O–H groups in total. The van der Waals surface area contributed by atoms with Crippen molar-refractivity contribution in [2.24, 2.45) is 0 Å². The second-order valence-electron chi connectivity index (χ2n) is 5.93. The summed E-state index contributed by atoms with van der Waals surface area (Å²) in [5, 5.41) is -0.145. The average Bonchev–Trinajstić information content (AvgIpc) is 3.03. The molecule has 2 heterocycles. The molecule has 1 aromatic heterocycles. The first-order chi connectivity index (χ1) is 10.0. The van der Waals surface area contributed by atoms with Gasteiger partial charge in [0.05, 0.1) is 35.7 Å². The van der Waals surface area contributed by atoms with Crippen LogP contribution in [0, 0.1) is 0 Å². The molecule has 0 saturated carbocycles. The van der Waals surface area contributed by atoms with Gasteiger partial charge in [-0.2, -0.15) is 0 Å². The van der Waals surface area contributed by atoms with Crippen molar-refractivity contribution in [2.75, 3.05) is 13.7 Å². The molecule has 21 heavy (non-hydrogen) atoms. The Morgan fingerprint density at radius 1 is 1.52 bits per heavy atom. The maximum absolute atomic E-state index is 6.33. The monoisotopic (exact) mass is 308 g/mol. The molecule has 3 rings (SSSR count). The standard InChI is InChI=1S/C16H21ClN2O2/c1-11(17)15-18-13-9-12(20-3)5-6-14(13)19(15)10-16(2)7-4-8-21-16/h5-6,9,11H,4,7-8,10H2,1-3H3. The Hall–Kier alpha value is -1.26. The fraction of sp³-hybridized carbons (Fsp3) is 0.562. The summed E-state index contributed by atoms with van der Waals surface area (Å²) >= 11 is 6.33. The number of imidazole rings is 1. The molecule has 0 spiro atoms. The minimum atomic E-state index is -0.145. The summed E-state index contributed by atoms with van der Waals surface area (Å²) in [4.78, 5) is 4.69. The van der Waals surface area contributed by atoms with Crippen LogP contribution >= 0.6 is 11.6 Å². The van der Waals surface area contributed by atoms with Crippen molar-refractivity contribution in [3.63, 3.8) is 0 Å². The quantitative estimate of drug-likeness (QED) is 0.803. The lowest BCUT2D eigenvalue weighted by molar-refractivity contribution is 0.00649. The molecule has 1 fully saturated rings. The van der Waals surface area contributed by atoms with Crippen LogP contribution in [-0.4, -0.2) is 28.9 Å². The maximum atomic E-state index is 6.33. The lowest BCUT2D eigenvalue weighted by Gasteiger charge is -2.25. The van der Waals surface area contributed by atoms with Crippen LogP contribution in [0.4, 0.5) is 0 Å². The maximum Gasteiger partial charge on any atom is 0.127 e. The second kappa shape index (κ2) is 5.50. The number of fused-ring (bicyclic) bond motifs is 1. The first-order valence-corrected chi connectivity index (χ1v) is 7.78. The molecule has 4 nitrogen and oxygen atoms in total. The van der Waals surface area contributed by atoms with Crippen LogP contribution in [0.1, 0.15) is 37.9 Å². The molecule has 1 aromatic carbocycles. The number of hydrogen-bond acceptors (Lipinski definition) is 3. The van der Waals surface area contributed by atoms with Gasteiger partial charge in [0.2, 0.25) is 0 Å². The summed E-state index contributed by atoms with van der Waals surface area (Å²) in [6.07, 6.45) is 2.18. The molecule has 1 aliphatic rings. The van der Waals surface area contributed by atoms with Crippen LogP contribution in [0.3, 0.4) is 0 Å². The van der Waals surface area contributed by atoms with E-state index in [0.29, 0.717) is 0 Å². The van der Waals surface area contributed by atoms with E-state index >= 15 is 0 Å². The predicted molar refractivity (Wildman–Crippen MR) is 84.1 cm³/mol. The third-order valence-electron chi connectivity index (χ3n) is 4.13. The molecular weight excluding hydrogens is 288 g/mol. The normalized spacial score (nSPS) is 23.6. The zero-order valence-corrected chi connectivity index (χ0v) is 13.5. The number of aromatic nitrogens is 2. The third-order valence-corrected chi connectivity index (χ3v) is 4.33. The highest BCUT2D eigenvalue weighted by Gasteiger charge is 2.32. The second-order valence-corrected chi connectivity index (χ2v) is 6.58.